The molecule has 2 fully saturated rings. The lowest BCUT2D eigenvalue weighted by atomic mass is 9.78. The summed E-state index contributed by atoms with van der Waals surface area (Å²) in [4.78, 5) is 33.6. The van der Waals surface area contributed by atoms with E-state index in [1.807, 2.05) is 48.5 Å². The van der Waals surface area contributed by atoms with Crippen LogP contribution in [-0.4, -0.2) is 45.8 Å². The van der Waals surface area contributed by atoms with E-state index < -0.39 is 0 Å². The topological polar surface area (TPSA) is 64.4 Å². The second kappa shape index (κ2) is 10.2. The highest BCUT2D eigenvalue weighted by Gasteiger charge is 2.35. The predicted octanol–water partition coefficient (Wildman–Crippen LogP) is 4.73. The molecule has 2 aromatic carbocycles. The third kappa shape index (κ3) is 4.71. The number of nitrogens with zero attached hydrogens (tertiary/aromatic N) is 3. The maximum atomic E-state index is 13.4. The lowest BCUT2D eigenvalue weighted by molar-refractivity contribution is -0.134. The number of thioether (sulfide) groups is 1. The van der Waals surface area contributed by atoms with E-state index in [1.165, 1.54) is 37.4 Å². The lowest BCUT2D eigenvalue weighted by Gasteiger charge is -2.44. The summed E-state index contributed by atoms with van der Waals surface area (Å²) in [6, 6.07) is 15.5. The van der Waals surface area contributed by atoms with Gasteiger partial charge in [-0.15, -0.1) is 0 Å². The summed E-state index contributed by atoms with van der Waals surface area (Å²) in [7, 11) is 1.64. The van der Waals surface area contributed by atoms with Crippen LogP contribution in [0.5, 0.6) is 5.75 Å². The van der Waals surface area contributed by atoms with Crippen molar-refractivity contribution in [3.63, 3.8) is 0 Å². The minimum atomic E-state index is -0.0818. The van der Waals surface area contributed by atoms with Gasteiger partial charge in [0.1, 0.15) is 5.75 Å². The number of likely N-dealkylation sites (tertiary alicyclic amines) is 1. The van der Waals surface area contributed by atoms with Crippen LogP contribution in [-0.2, 0) is 11.3 Å². The minimum absolute atomic E-state index is 0.0818. The Morgan fingerprint density at radius 3 is 2.65 bits per heavy atom. The Bertz CT molecular complexity index is 1220. The molecule has 1 saturated heterocycles. The van der Waals surface area contributed by atoms with Gasteiger partial charge in [-0.05, 0) is 61.4 Å². The third-order valence-electron chi connectivity index (χ3n) is 7.21. The molecule has 2 heterocycles. The molecule has 0 bridgehead atoms. The number of methoxy groups -OCH3 is 1. The molecule has 0 radical (unpaired) electrons. The van der Waals surface area contributed by atoms with E-state index in [0.717, 1.165) is 30.7 Å². The zero-order valence-electron chi connectivity index (χ0n) is 19.6. The molecular formula is C27H31N3O3S. The number of fused-ring (bicyclic) bond motifs is 2. The van der Waals surface area contributed by atoms with Crippen molar-refractivity contribution >= 4 is 28.6 Å². The fraction of sp³-hybridized carbons (Fsp3) is 0.444. The van der Waals surface area contributed by atoms with Crippen LogP contribution in [0.15, 0.2) is 58.5 Å². The highest BCUT2D eigenvalue weighted by atomic mass is 32.2. The highest BCUT2D eigenvalue weighted by molar-refractivity contribution is 7.99. The van der Waals surface area contributed by atoms with E-state index in [9.17, 15) is 9.59 Å². The van der Waals surface area contributed by atoms with E-state index in [-0.39, 0.29) is 11.5 Å². The van der Waals surface area contributed by atoms with Gasteiger partial charge in [0, 0.05) is 12.6 Å². The molecule has 1 aliphatic heterocycles. The number of hydrogen-bond donors (Lipinski definition) is 0. The maximum Gasteiger partial charge on any atom is 0.262 e. The first-order valence-corrected chi connectivity index (χ1v) is 13.2. The number of carbonyl (C=O) groups excluding carboxylic acids is 1. The third-order valence-corrected chi connectivity index (χ3v) is 8.18. The molecule has 1 amide bonds. The van der Waals surface area contributed by atoms with E-state index >= 15 is 0 Å². The molecule has 2 unspecified atom stereocenters. The Labute approximate surface area is 204 Å². The average molecular weight is 478 g/mol. The number of amides is 1. The molecular weight excluding hydrogens is 446 g/mol. The molecule has 34 heavy (non-hydrogen) atoms. The Kier molecular flexibility index (Phi) is 6.90. The van der Waals surface area contributed by atoms with Gasteiger partial charge in [0.15, 0.2) is 5.16 Å². The zero-order chi connectivity index (χ0) is 23.5. The van der Waals surface area contributed by atoms with Crippen LogP contribution < -0.4 is 10.3 Å². The number of para-hydroxylation sites is 1. The van der Waals surface area contributed by atoms with Gasteiger partial charge in [-0.25, -0.2) is 4.98 Å². The summed E-state index contributed by atoms with van der Waals surface area (Å²) in [5.41, 5.74) is 1.56. The number of piperidine rings is 1. The summed E-state index contributed by atoms with van der Waals surface area (Å²) >= 11 is 1.38. The van der Waals surface area contributed by atoms with Gasteiger partial charge in [0.25, 0.3) is 5.56 Å². The number of rotatable bonds is 6. The second-order valence-electron chi connectivity index (χ2n) is 9.28. The van der Waals surface area contributed by atoms with E-state index in [2.05, 4.69) is 4.90 Å². The van der Waals surface area contributed by atoms with Crippen molar-refractivity contribution in [3.05, 3.63) is 64.4 Å². The van der Waals surface area contributed by atoms with Gasteiger partial charge < -0.3 is 9.64 Å². The van der Waals surface area contributed by atoms with Gasteiger partial charge in [-0.2, -0.15) is 0 Å². The standard InChI is InChI=1S/C27H31N3O3S/c1-33-21-14-12-19(13-15-21)17-30-26(32)22-9-3-4-10-23(22)28-27(30)34-18-25(31)29-16-6-8-20-7-2-5-11-24(20)29/h3-4,9-10,12-15,20,24H,2,5-8,11,16-18H2,1H3. The van der Waals surface area contributed by atoms with E-state index in [4.69, 9.17) is 9.72 Å². The number of ether oxygens (including phenoxy) is 1. The molecule has 2 atom stereocenters. The summed E-state index contributed by atoms with van der Waals surface area (Å²) in [6.45, 7) is 1.25. The number of benzene rings is 2. The van der Waals surface area contributed by atoms with E-state index in [0.29, 0.717) is 40.3 Å². The summed E-state index contributed by atoms with van der Waals surface area (Å²) in [6.07, 6.45) is 7.21. The molecule has 1 aromatic heterocycles. The summed E-state index contributed by atoms with van der Waals surface area (Å²) in [5, 5.41) is 1.18. The van der Waals surface area contributed by atoms with Gasteiger partial charge in [0.05, 0.1) is 30.3 Å². The Hall–Kier alpha value is -2.80. The fourth-order valence-electron chi connectivity index (χ4n) is 5.45. The van der Waals surface area contributed by atoms with Crippen LogP contribution in [0.1, 0.15) is 44.1 Å². The van der Waals surface area contributed by atoms with Gasteiger partial charge in [0.2, 0.25) is 5.91 Å². The van der Waals surface area contributed by atoms with Crippen LogP contribution in [0.25, 0.3) is 10.9 Å². The Balaban J connectivity index is 1.40. The van der Waals surface area contributed by atoms with Crippen molar-refractivity contribution in [2.45, 2.75) is 56.3 Å². The van der Waals surface area contributed by atoms with Gasteiger partial charge >= 0.3 is 0 Å². The maximum absolute atomic E-state index is 13.4. The molecule has 7 heteroatoms. The summed E-state index contributed by atoms with van der Waals surface area (Å²) in [5.74, 6) is 1.90. The van der Waals surface area contributed by atoms with Crippen molar-refractivity contribution in [1.29, 1.82) is 0 Å². The first-order valence-electron chi connectivity index (χ1n) is 12.2. The van der Waals surface area contributed by atoms with Crippen LogP contribution in [0.3, 0.4) is 0 Å². The first kappa shape index (κ1) is 23.0. The van der Waals surface area contributed by atoms with Crippen molar-refractivity contribution in [1.82, 2.24) is 14.5 Å². The highest BCUT2D eigenvalue weighted by Crippen LogP contribution is 2.35. The van der Waals surface area contributed by atoms with Crippen molar-refractivity contribution in [2.75, 3.05) is 19.4 Å². The SMILES string of the molecule is COc1ccc(Cn2c(SCC(=O)N3CCCC4CCCCC43)nc3ccccc3c2=O)cc1. The van der Waals surface area contributed by atoms with Crippen LogP contribution >= 0.6 is 11.8 Å². The molecule has 0 spiro atoms. The minimum Gasteiger partial charge on any atom is -0.497 e. The largest absolute Gasteiger partial charge is 0.497 e. The predicted molar refractivity (Wildman–Crippen MR) is 136 cm³/mol. The Morgan fingerprint density at radius 1 is 1.06 bits per heavy atom. The molecule has 3 aromatic rings. The molecule has 1 aliphatic carbocycles. The molecule has 0 N–H and O–H groups in total. The molecule has 1 saturated carbocycles. The molecule has 5 rings (SSSR count). The lowest BCUT2D eigenvalue weighted by Crippen LogP contribution is -2.50. The van der Waals surface area contributed by atoms with Crippen LogP contribution in [0, 0.1) is 5.92 Å². The van der Waals surface area contributed by atoms with Crippen LogP contribution in [0.4, 0.5) is 0 Å². The van der Waals surface area contributed by atoms with Crippen molar-refractivity contribution < 1.29 is 9.53 Å². The average Bonchev–Trinajstić information content (AvgIpc) is 2.89. The summed E-state index contributed by atoms with van der Waals surface area (Å²) < 4.78 is 6.95. The Morgan fingerprint density at radius 2 is 1.82 bits per heavy atom. The number of aromatic nitrogens is 2. The first-order chi connectivity index (χ1) is 16.6. The van der Waals surface area contributed by atoms with Crippen molar-refractivity contribution in [2.24, 2.45) is 5.92 Å². The normalized spacial score (nSPS) is 20.2. The number of hydrogen-bond acceptors (Lipinski definition) is 5. The fourth-order valence-corrected chi connectivity index (χ4v) is 6.34. The van der Waals surface area contributed by atoms with Crippen LogP contribution in [0.2, 0.25) is 0 Å². The van der Waals surface area contributed by atoms with Gasteiger partial charge in [-0.1, -0.05) is 48.9 Å². The molecule has 6 nitrogen and oxygen atoms in total. The smallest absolute Gasteiger partial charge is 0.262 e. The van der Waals surface area contributed by atoms with Crippen molar-refractivity contribution in [3.8, 4) is 5.75 Å². The number of carbonyl (C=O) groups is 1. The monoisotopic (exact) mass is 477 g/mol. The quantitative estimate of drug-likeness (QED) is 0.379. The zero-order valence-corrected chi connectivity index (χ0v) is 20.4. The van der Waals surface area contributed by atoms with Gasteiger partial charge in [-0.3, -0.25) is 14.2 Å². The molecule has 178 valence electrons. The second-order valence-corrected chi connectivity index (χ2v) is 10.2. The molecule has 2 aliphatic rings. The van der Waals surface area contributed by atoms with E-state index in [1.54, 1.807) is 11.7 Å².